The number of nitrogens with one attached hydrogen (secondary N) is 1. The second-order valence-corrected chi connectivity index (χ2v) is 6.69. The molecule has 2 fully saturated rings. The summed E-state index contributed by atoms with van der Waals surface area (Å²) in [5, 5.41) is 3.00. The van der Waals surface area contributed by atoms with E-state index in [9.17, 15) is 4.79 Å². The second kappa shape index (κ2) is 6.51. The topological polar surface area (TPSA) is 54.5 Å². The number of urea groups is 1. The van der Waals surface area contributed by atoms with Gasteiger partial charge in [-0.1, -0.05) is 6.07 Å². The summed E-state index contributed by atoms with van der Waals surface area (Å²) in [6.45, 7) is 1.77. The molecule has 124 valence electrons. The van der Waals surface area contributed by atoms with E-state index < -0.39 is 0 Å². The predicted molar refractivity (Wildman–Crippen MR) is 92.2 cm³/mol. The highest BCUT2D eigenvalue weighted by molar-refractivity contribution is 5.89. The minimum atomic E-state index is -0.00680. The summed E-state index contributed by atoms with van der Waals surface area (Å²) >= 11 is 0. The molecule has 2 aliphatic rings. The maximum absolute atomic E-state index is 12.5. The van der Waals surface area contributed by atoms with E-state index in [2.05, 4.69) is 10.3 Å². The average Bonchev–Trinajstić information content (AvgIpc) is 2.94. The van der Waals surface area contributed by atoms with Crippen molar-refractivity contribution in [2.24, 2.45) is 11.8 Å². The number of amides is 2. The van der Waals surface area contributed by atoms with Gasteiger partial charge in [-0.2, -0.15) is 0 Å². The Kier molecular flexibility index (Phi) is 4.07. The number of benzene rings is 1. The molecule has 1 aromatic heterocycles. The molecule has 24 heavy (non-hydrogen) atoms. The Labute approximate surface area is 141 Å². The minimum Gasteiger partial charge on any atom is -0.457 e. The third-order valence-electron chi connectivity index (χ3n) is 4.86. The summed E-state index contributed by atoms with van der Waals surface area (Å²) in [5.41, 5.74) is 0.754. The van der Waals surface area contributed by atoms with Crippen LogP contribution in [0.25, 0.3) is 0 Å². The van der Waals surface area contributed by atoms with E-state index in [0.717, 1.165) is 24.5 Å². The van der Waals surface area contributed by atoms with Crippen LogP contribution in [0.1, 0.15) is 19.3 Å². The summed E-state index contributed by atoms with van der Waals surface area (Å²) in [5.74, 6) is 2.80. The van der Waals surface area contributed by atoms with Crippen molar-refractivity contribution in [3.8, 4) is 11.5 Å². The monoisotopic (exact) mass is 323 g/mol. The normalized spacial score (nSPS) is 22.2. The molecule has 2 atom stereocenters. The number of rotatable bonds is 3. The van der Waals surface area contributed by atoms with Crippen molar-refractivity contribution >= 4 is 11.7 Å². The van der Waals surface area contributed by atoms with Gasteiger partial charge in [0.15, 0.2) is 0 Å². The average molecular weight is 323 g/mol. The fourth-order valence-corrected chi connectivity index (χ4v) is 3.76. The highest BCUT2D eigenvalue weighted by atomic mass is 16.5. The number of ether oxygens (including phenoxy) is 1. The number of piperidine rings is 1. The Hall–Kier alpha value is -2.56. The van der Waals surface area contributed by atoms with Crippen molar-refractivity contribution in [1.82, 2.24) is 9.88 Å². The quantitative estimate of drug-likeness (QED) is 0.923. The molecule has 1 aliphatic heterocycles. The second-order valence-electron chi connectivity index (χ2n) is 6.69. The van der Waals surface area contributed by atoms with Crippen LogP contribution in [0.4, 0.5) is 10.5 Å². The van der Waals surface area contributed by atoms with Gasteiger partial charge in [0, 0.05) is 37.2 Å². The Morgan fingerprint density at radius 1 is 1.08 bits per heavy atom. The van der Waals surface area contributed by atoms with Crippen molar-refractivity contribution in [2.45, 2.75) is 19.3 Å². The number of carbonyl (C=O) groups is 1. The Balaban J connectivity index is 1.41. The van der Waals surface area contributed by atoms with Crippen LogP contribution in [0.2, 0.25) is 0 Å². The number of fused-ring (bicyclic) bond motifs is 2. The summed E-state index contributed by atoms with van der Waals surface area (Å²) < 4.78 is 5.79. The van der Waals surface area contributed by atoms with Crippen molar-refractivity contribution < 1.29 is 9.53 Å². The van der Waals surface area contributed by atoms with Gasteiger partial charge in [0.2, 0.25) is 0 Å². The summed E-state index contributed by atoms with van der Waals surface area (Å²) in [4.78, 5) is 18.5. The van der Waals surface area contributed by atoms with Gasteiger partial charge in [-0.3, -0.25) is 4.98 Å². The van der Waals surface area contributed by atoms with Crippen LogP contribution in [-0.2, 0) is 0 Å². The highest BCUT2D eigenvalue weighted by Gasteiger charge is 2.34. The maximum atomic E-state index is 12.5. The number of pyridine rings is 1. The maximum Gasteiger partial charge on any atom is 0.321 e. The molecular formula is C19H21N3O2. The SMILES string of the molecule is O=C(Nc1cccc(Oc2ccncc2)c1)N1CC2CCC(C2)C1. The molecule has 0 spiro atoms. The van der Waals surface area contributed by atoms with Crippen LogP contribution >= 0.6 is 0 Å². The molecule has 1 saturated heterocycles. The van der Waals surface area contributed by atoms with Crippen LogP contribution in [0.5, 0.6) is 11.5 Å². The number of anilines is 1. The van der Waals surface area contributed by atoms with Gasteiger partial charge in [0.25, 0.3) is 0 Å². The first-order valence-corrected chi connectivity index (χ1v) is 8.50. The minimum absolute atomic E-state index is 0.00680. The first-order chi connectivity index (χ1) is 11.8. The van der Waals surface area contributed by atoms with Crippen molar-refractivity contribution in [3.05, 3.63) is 48.8 Å². The lowest BCUT2D eigenvalue weighted by Gasteiger charge is -2.31. The van der Waals surface area contributed by atoms with E-state index in [1.54, 1.807) is 24.5 Å². The third kappa shape index (κ3) is 3.35. The third-order valence-corrected chi connectivity index (χ3v) is 4.86. The van der Waals surface area contributed by atoms with Gasteiger partial charge in [0.05, 0.1) is 0 Å². The van der Waals surface area contributed by atoms with Crippen molar-refractivity contribution in [3.63, 3.8) is 0 Å². The van der Waals surface area contributed by atoms with Gasteiger partial charge in [-0.25, -0.2) is 4.79 Å². The van der Waals surface area contributed by atoms with Gasteiger partial charge in [0.1, 0.15) is 11.5 Å². The summed E-state index contributed by atoms with van der Waals surface area (Å²) in [6, 6.07) is 11.1. The number of likely N-dealkylation sites (tertiary alicyclic amines) is 1. The first kappa shape index (κ1) is 15.0. The lowest BCUT2D eigenvalue weighted by Crippen LogP contribution is -2.43. The molecule has 1 saturated carbocycles. The lowest BCUT2D eigenvalue weighted by atomic mass is 9.99. The summed E-state index contributed by atoms with van der Waals surface area (Å²) in [7, 11) is 0. The number of hydrogen-bond acceptors (Lipinski definition) is 3. The van der Waals surface area contributed by atoms with E-state index in [1.807, 2.05) is 29.2 Å². The van der Waals surface area contributed by atoms with Crippen LogP contribution in [0.3, 0.4) is 0 Å². The Morgan fingerprint density at radius 2 is 1.83 bits per heavy atom. The first-order valence-electron chi connectivity index (χ1n) is 8.50. The molecule has 5 heteroatoms. The smallest absolute Gasteiger partial charge is 0.321 e. The molecule has 4 rings (SSSR count). The van der Waals surface area contributed by atoms with E-state index in [1.165, 1.54) is 19.3 Å². The van der Waals surface area contributed by atoms with Crippen LogP contribution in [0, 0.1) is 11.8 Å². The molecule has 1 aromatic carbocycles. The van der Waals surface area contributed by atoms with Gasteiger partial charge in [-0.15, -0.1) is 0 Å². The molecule has 2 bridgehead atoms. The number of nitrogens with zero attached hydrogens (tertiary/aromatic N) is 2. The zero-order chi connectivity index (χ0) is 16.4. The molecule has 2 amide bonds. The van der Waals surface area contributed by atoms with Gasteiger partial charge < -0.3 is 15.0 Å². The Bertz CT molecular complexity index is 708. The number of aromatic nitrogens is 1. The summed E-state index contributed by atoms with van der Waals surface area (Å²) in [6.07, 6.45) is 7.20. The van der Waals surface area contributed by atoms with E-state index >= 15 is 0 Å². The fourth-order valence-electron chi connectivity index (χ4n) is 3.76. The van der Waals surface area contributed by atoms with Crippen molar-refractivity contribution in [1.29, 1.82) is 0 Å². The number of hydrogen-bond donors (Lipinski definition) is 1. The molecule has 2 aromatic rings. The van der Waals surface area contributed by atoms with E-state index in [-0.39, 0.29) is 6.03 Å². The van der Waals surface area contributed by atoms with E-state index in [0.29, 0.717) is 17.6 Å². The van der Waals surface area contributed by atoms with Crippen LogP contribution in [-0.4, -0.2) is 29.0 Å². The Morgan fingerprint density at radius 3 is 2.58 bits per heavy atom. The highest BCUT2D eigenvalue weighted by Crippen LogP contribution is 2.36. The zero-order valence-corrected chi connectivity index (χ0v) is 13.5. The zero-order valence-electron chi connectivity index (χ0n) is 13.5. The number of carbonyl (C=O) groups excluding carboxylic acids is 1. The molecule has 1 aliphatic carbocycles. The van der Waals surface area contributed by atoms with Crippen LogP contribution in [0.15, 0.2) is 48.8 Å². The van der Waals surface area contributed by atoms with Crippen LogP contribution < -0.4 is 10.1 Å². The molecule has 2 unspecified atom stereocenters. The molecule has 0 radical (unpaired) electrons. The molecule has 5 nitrogen and oxygen atoms in total. The van der Waals surface area contributed by atoms with Crippen molar-refractivity contribution in [2.75, 3.05) is 18.4 Å². The van der Waals surface area contributed by atoms with Gasteiger partial charge in [-0.05, 0) is 55.4 Å². The molecule has 1 N–H and O–H groups in total. The predicted octanol–water partition coefficient (Wildman–Crippen LogP) is 4.14. The largest absolute Gasteiger partial charge is 0.457 e. The van der Waals surface area contributed by atoms with Gasteiger partial charge >= 0.3 is 6.03 Å². The lowest BCUT2D eigenvalue weighted by molar-refractivity contribution is 0.174. The van der Waals surface area contributed by atoms with E-state index in [4.69, 9.17) is 4.74 Å². The fraction of sp³-hybridized carbons (Fsp3) is 0.368. The standard InChI is InChI=1S/C19H21N3O2/c23-19(22-12-14-4-5-15(10-14)13-22)21-16-2-1-3-18(11-16)24-17-6-8-20-9-7-17/h1-3,6-9,11,14-15H,4-5,10,12-13H2,(H,21,23). The molecule has 2 heterocycles. The molecular weight excluding hydrogens is 302 g/mol.